The van der Waals surface area contributed by atoms with E-state index in [0.717, 1.165) is 31.2 Å². The lowest BCUT2D eigenvalue weighted by Crippen LogP contribution is -2.55. The van der Waals surface area contributed by atoms with E-state index >= 15 is 0 Å². The molecule has 0 spiro atoms. The zero-order chi connectivity index (χ0) is 18.0. The maximum atomic E-state index is 13.3. The number of nitrogens with zero attached hydrogens (tertiary/aromatic N) is 5. The van der Waals surface area contributed by atoms with Crippen LogP contribution in [0.15, 0.2) is 36.7 Å². The highest BCUT2D eigenvalue weighted by molar-refractivity contribution is 5.80. The molecule has 2 fully saturated rings. The van der Waals surface area contributed by atoms with Gasteiger partial charge in [-0.1, -0.05) is 43.2 Å². The molecule has 1 amide bonds. The number of fused-ring (bicyclic) bond motifs is 1. The number of carbonyl (C=O) groups is 1. The van der Waals surface area contributed by atoms with Gasteiger partial charge in [-0.25, -0.2) is 4.68 Å². The molecule has 0 radical (unpaired) electrons. The number of aliphatic hydroxyl groups is 1. The molecule has 1 aromatic carbocycles. The summed E-state index contributed by atoms with van der Waals surface area (Å²) in [5.74, 6) is 0.217. The van der Waals surface area contributed by atoms with Crippen LogP contribution in [0.4, 0.5) is 0 Å². The summed E-state index contributed by atoms with van der Waals surface area (Å²) in [4.78, 5) is 15.2. The number of tetrazole rings is 1. The zero-order valence-electron chi connectivity index (χ0n) is 14.9. The fourth-order valence-electron chi connectivity index (χ4n) is 4.42. The molecule has 1 saturated carbocycles. The van der Waals surface area contributed by atoms with E-state index in [4.69, 9.17) is 0 Å². The number of likely N-dealkylation sites (tertiary alicyclic amines) is 1. The number of carbonyl (C=O) groups excluding carboxylic acids is 1. The molecule has 1 N–H and O–H groups in total. The quantitative estimate of drug-likeness (QED) is 0.901. The first-order chi connectivity index (χ1) is 12.7. The Balaban J connectivity index is 1.53. The number of piperidine rings is 1. The molecule has 1 aliphatic carbocycles. The summed E-state index contributed by atoms with van der Waals surface area (Å²) >= 11 is 0. The van der Waals surface area contributed by atoms with Crippen LogP contribution in [-0.2, 0) is 11.2 Å². The molecular weight excluding hydrogens is 330 g/mol. The van der Waals surface area contributed by atoms with Crippen molar-refractivity contribution in [3.8, 4) is 0 Å². The van der Waals surface area contributed by atoms with Crippen LogP contribution in [0.3, 0.4) is 0 Å². The van der Waals surface area contributed by atoms with Gasteiger partial charge >= 0.3 is 0 Å². The van der Waals surface area contributed by atoms with E-state index in [9.17, 15) is 9.90 Å². The van der Waals surface area contributed by atoms with Gasteiger partial charge < -0.3 is 10.0 Å². The molecule has 1 saturated heterocycles. The van der Waals surface area contributed by atoms with Crippen LogP contribution < -0.4 is 0 Å². The van der Waals surface area contributed by atoms with Crippen molar-refractivity contribution in [2.75, 3.05) is 13.1 Å². The molecular formula is C19H25N5O2. The highest BCUT2D eigenvalue weighted by atomic mass is 16.3. The molecule has 1 aromatic heterocycles. The normalized spacial score (nSPS) is 27.0. The smallest absolute Gasteiger partial charge is 0.247 e. The molecule has 138 valence electrons. The SMILES string of the molecule is O=C([C@H](Cc1ccccc1)n1cnnn1)N1CC[C@@]2(O)CCCC[C@@H]2C1. The van der Waals surface area contributed by atoms with Crippen molar-refractivity contribution in [3.05, 3.63) is 42.2 Å². The van der Waals surface area contributed by atoms with Gasteiger partial charge in [0.1, 0.15) is 12.4 Å². The average Bonchev–Trinajstić information content (AvgIpc) is 3.20. The van der Waals surface area contributed by atoms with Crippen LogP contribution in [0.5, 0.6) is 0 Å². The second kappa shape index (κ2) is 7.15. The van der Waals surface area contributed by atoms with E-state index in [2.05, 4.69) is 15.5 Å². The molecule has 1 aliphatic heterocycles. The van der Waals surface area contributed by atoms with Crippen LogP contribution >= 0.6 is 0 Å². The third kappa shape index (κ3) is 3.35. The van der Waals surface area contributed by atoms with Crippen LogP contribution in [0.2, 0.25) is 0 Å². The molecule has 3 atom stereocenters. The Morgan fingerprint density at radius 1 is 1.27 bits per heavy atom. The molecule has 0 bridgehead atoms. The lowest BCUT2D eigenvalue weighted by molar-refractivity contribution is -0.147. The molecule has 26 heavy (non-hydrogen) atoms. The van der Waals surface area contributed by atoms with E-state index < -0.39 is 11.6 Å². The standard InChI is InChI=1S/C19H25N5O2/c25-18(23-11-10-19(26)9-5-4-8-16(19)13-23)17(24-14-20-21-22-24)12-15-6-2-1-3-7-15/h1-3,6-7,14,16-17,26H,4-5,8-13H2/t16-,17+,19+/m1/s1. The van der Waals surface area contributed by atoms with Gasteiger partial charge in [0.25, 0.3) is 0 Å². The number of benzene rings is 1. The highest BCUT2D eigenvalue weighted by Crippen LogP contribution is 2.40. The molecule has 0 unspecified atom stereocenters. The van der Waals surface area contributed by atoms with Crippen molar-refractivity contribution >= 4 is 5.91 Å². The van der Waals surface area contributed by atoms with Gasteiger partial charge in [-0.15, -0.1) is 5.10 Å². The Morgan fingerprint density at radius 2 is 2.12 bits per heavy atom. The number of hydrogen-bond donors (Lipinski definition) is 1. The Kier molecular flexibility index (Phi) is 4.72. The summed E-state index contributed by atoms with van der Waals surface area (Å²) in [6.45, 7) is 1.22. The van der Waals surface area contributed by atoms with Crippen molar-refractivity contribution in [1.82, 2.24) is 25.1 Å². The number of hydrogen-bond acceptors (Lipinski definition) is 5. The lowest BCUT2D eigenvalue weighted by atomic mass is 9.71. The predicted octanol–water partition coefficient (Wildman–Crippen LogP) is 1.61. The Hall–Kier alpha value is -2.28. The topological polar surface area (TPSA) is 84.1 Å². The second-order valence-electron chi connectivity index (χ2n) is 7.58. The maximum Gasteiger partial charge on any atom is 0.247 e. The molecule has 2 aliphatic rings. The van der Waals surface area contributed by atoms with Gasteiger partial charge in [-0.3, -0.25) is 4.79 Å². The number of amides is 1. The van der Waals surface area contributed by atoms with Crippen LogP contribution in [-0.4, -0.2) is 54.8 Å². The predicted molar refractivity (Wildman–Crippen MR) is 95.1 cm³/mol. The van der Waals surface area contributed by atoms with Gasteiger partial charge in [0.05, 0.1) is 5.60 Å². The van der Waals surface area contributed by atoms with Crippen molar-refractivity contribution in [2.24, 2.45) is 5.92 Å². The molecule has 7 nitrogen and oxygen atoms in total. The largest absolute Gasteiger partial charge is 0.389 e. The Morgan fingerprint density at radius 3 is 2.88 bits per heavy atom. The summed E-state index contributed by atoms with van der Waals surface area (Å²) in [5.41, 5.74) is 0.492. The Labute approximate surface area is 153 Å². The second-order valence-corrected chi connectivity index (χ2v) is 7.58. The minimum absolute atomic E-state index is 0.0359. The average molecular weight is 355 g/mol. The minimum Gasteiger partial charge on any atom is -0.389 e. The summed E-state index contributed by atoms with van der Waals surface area (Å²) in [6.07, 6.45) is 6.80. The van der Waals surface area contributed by atoms with Crippen molar-refractivity contribution in [2.45, 2.75) is 50.2 Å². The van der Waals surface area contributed by atoms with E-state index in [0.29, 0.717) is 25.9 Å². The van der Waals surface area contributed by atoms with Crippen molar-refractivity contribution in [3.63, 3.8) is 0 Å². The van der Waals surface area contributed by atoms with Gasteiger partial charge in [0, 0.05) is 25.4 Å². The molecule has 2 aromatic rings. The fraction of sp³-hybridized carbons (Fsp3) is 0.579. The summed E-state index contributed by atoms with van der Waals surface area (Å²) in [6, 6.07) is 9.48. The monoisotopic (exact) mass is 355 g/mol. The third-order valence-electron chi connectivity index (χ3n) is 5.98. The van der Waals surface area contributed by atoms with Gasteiger partial charge in [0.15, 0.2) is 0 Å². The van der Waals surface area contributed by atoms with E-state index in [1.54, 1.807) is 4.68 Å². The number of rotatable bonds is 4. The fourth-order valence-corrected chi connectivity index (χ4v) is 4.42. The van der Waals surface area contributed by atoms with Crippen LogP contribution in [0.25, 0.3) is 0 Å². The summed E-state index contributed by atoms with van der Waals surface area (Å²) in [7, 11) is 0. The first kappa shape index (κ1) is 17.1. The van der Waals surface area contributed by atoms with Gasteiger partial charge in [0.2, 0.25) is 5.91 Å². The van der Waals surface area contributed by atoms with Crippen molar-refractivity contribution < 1.29 is 9.90 Å². The van der Waals surface area contributed by atoms with Crippen LogP contribution in [0.1, 0.15) is 43.7 Å². The van der Waals surface area contributed by atoms with Gasteiger partial charge in [-0.2, -0.15) is 0 Å². The van der Waals surface area contributed by atoms with E-state index in [1.165, 1.54) is 6.33 Å². The van der Waals surface area contributed by atoms with E-state index in [1.807, 2.05) is 35.2 Å². The molecule has 4 rings (SSSR count). The lowest BCUT2D eigenvalue weighted by Gasteiger charge is -2.47. The minimum atomic E-state index is -0.585. The summed E-state index contributed by atoms with van der Waals surface area (Å²) < 4.78 is 1.55. The van der Waals surface area contributed by atoms with Crippen molar-refractivity contribution in [1.29, 1.82) is 0 Å². The number of aromatic nitrogens is 4. The Bertz CT molecular complexity index is 736. The zero-order valence-corrected chi connectivity index (χ0v) is 14.9. The first-order valence-corrected chi connectivity index (χ1v) is 9.43. The summed E-state index contributed by atoms with van der Waals surface area (Å²) in [5, 5.41) is 22.3. The van der Waals surface area contributed by atoms with E-state index in [-0.39, 0.29) is 11.8 Å². The van der Waals surface area contributed by atoms with Crippen LogP contribution in [0, 0.1) is 5.92 Å². The van der Waals surface area contributed by atoms with Gasteiger partial charge in [-0.05, 0) is 35.3 Å². The first-order valence-electron chi connectivity index (χ1n) is 9.43. The molecule has 7 heteroatoms. The third-order valence-corrected chi connectivity index (χ3v) is 5.98. The highest BCUT2D eigenvalue weighted by Gasteiger charge is 2.44. The molecule has 2 heterocycles. The maximum absolute atomic E-state index is 13.3.